The number of benzene rings is 1. The number of nitrogens with zero attached hydrogens (tertiary/aromatic N) is 2. The molecule has 102 valence electrons. The Morgan fingerprint density at radius 1 is 1.32 bits per heavy atom. The highest BCUT2D eigenvalue weighted by Gasteiger charge is 2.20. The van der Waals surface area contributed by atoms with Crippen molar-refractivity contribution in [2.75, 3.05) is 7.11 Å². The number of methoxy groups -OCH3 is 1. The molecule has 1 aromatic heterocycles. The molecule has 1 atom stereocenters. The van der Waals surface area contributed by atoms with Gasteiger partial charge in [-0.2, -0.15) is 0 Å². The first-order chi connectivity index (χ1) is 9.10. The van der Waals surface area contributed by atoms with Crippen molar-refractivity contribution in [3.05, 3.63) is 34.7 Å². The van der Waals surface area contributed by atoms with E-state index in [1.165, 1.54) is 7.11 Å². The third-order valence-corrected chi connectivity index (χ3v) is 3.70. The number of esters is 1. The van der Waals surface area contributed by atoms with Gasteiger partial charge in [-0.15, -0.1) is 0 Å². The summed E-state index contributed by atoms with van der Waals surface area (Å²) in [6.45, 7) is 2.76. The molecule has 2 aromatic rings. The quantitative estimate of drug-likeness (QED) is 0.635. The molecular formula is C13H15BrN2O3. The molecule has 5 nitrogen and oxygen atoms in total. The molecule has 1 unspecified atom stereocenters. The van der Waals surface area contributed by atoms with Gasteiger partial charge < -0.3 is 4.74 Å². The Bertz CT molecular complexity index is 659. The van der Waals surface area contributed by atoms with Crippen molar-refractivity contribution < 1.29 is 9.53 Å². The molecule has 0 N–H and O–H groups in total. The summed E-state index contributed by atoms with van der Waals surface area (Å²) >= 11 is 3.25. The Kier molecular flexibility index (Phi) is 4.09. The predicted molar refractivity (Wildman–Crippen MR) is 76.6 cm³/mol. The van der Waals surface area contributed by atoms with E-state index in [0.29, 0.717) is 6.54 Å². The van der Waals surface area contributed by atoms with Crippen LogP contribution in [0.5, 0.6) is 0 Å². The summed E-state index contributed by atoms with van der Waals surface area (Å²) in [6, 6.07) is 7.54. The SMILES string of the molecule is CCn1c(=O)n(CC(Br)C(=O)OC)c2ccccc21. The molecule has 0 aliphatic carbocycles. The van der Waals surface area contributed by atoms with Gasteiger partial charge in [0, 0.05) is 6.54 Å². The smallest absolute Gasteiger partial charge is 0.329 e. The molecule has 19 heavy (non-hydrogen) atoms. The topological polar surface area (TPSA) is 53.2 Å². The summed E-state index contributed by atoms with van der Waals surface area (Å²) in [4.78, 5) is 23.2. The van der Waals surface area contributed by atoms with Crippen LogP contribution in [-0.2, 0) is 22.6 Å². The van der Waals surface area contributed by atoms with E-state index < -0.39 is 4.83 Å². The van der Waals surface area contributed by atoms with Crippen LogP contribution in [0.2, 0.25) is 0 Å². The number of fused-ring (bicyclic) bond motifs is 1. The number of hydrogen-bond acceptors (Lipinski definition) is 3. The summed E-state index contributed by atoms with van der Waals surface area (Å²) in [6.07, 6.45) is 0. The zero-order valence-electron chi connectivity index (χ0n) is 10.8. The molecule has 0 spiro atoms. The Morgan fingerprint density at radius 3 is 2.42 bits per heavy atom. The molecule has 0 bridgehead atoms. The number of carbonyl (C=O) groups is 1. The summed E-state index contributed by atoms with van der Waals surface area (Å²) in [7, 11) is 1.33. The highest BCUT2D eigenvalue weighted by atomic mass is 79.9. The second kappa shape index (κ2) is 5.61. The van der Waals surface area contributed by atoms with Crippen LogP contribution in [0.25, 0.3) is 11.0 Å². The normalized spacial score (nSPS) is 12.6. The van der Waals surface area contributed by atoms with E-state index in [9.17, 15) is 9.59 Å². The van der Waals surface area contributed by atoms with Crippen LogP contribution in [0.3, 0.4) is 0 Å². The van der Waals surface area contributed by atoms with Crippen molar-refractivity contribution in [2.24, 2.45) is 0 Å². The number of aryl methyl sites for hydroxylation is 1. The first-order valence-corrected chi connectivity index (χ1v) is 6.91. The molecule has 1 heterocycles. The number of aromatic nitrogens is 2. The third kappa shape index (κ3) is 2.45. The Labute approximate surface area is 118 Å². The maximum Gasteiger partial charge on any atom is 0.329 e. The lowest BCUT2D eigenvalue weighted by atomic mass is 10.3. The minimum atomic E-state index is -0.536. The number of para-hydroxylation sites is 2. The lowest BCUT2D eigenvalue weighted by molar-refractivity contribution is -0.140. The molecule has 0 saturated heterocycles. The van der Waals surface area contributed by atoms with E-state index in [4.69, 9.17) is 0 Å². The van der Waals surface area contributed by atoms with E-state index in [1.807, 2.05) is 31.2 Å². The van der Waals surface area contributed by atoms with Gasteiger partial charge in [-0.3, -0.25) is 13.9 Å². The van der Waals surface area contributed by atoms with E-state index >= 15 is 0 Å². The van der Waals surface area contributed by atoms with Gasteiger partial charge in [-0.25, -0.2) is 4.79 Å². The maximum absolute atomic E-state index is 12.3. The summed E-state index contributed by atoms with van der Waals surface area (Å²) < 4.78 is 7.94. The van der Waals surface area contributed by atoms with Gasteiger partial charge in [-0.05, 0) is 19.1 Å². The zero-order chi connectivity index (χ0) is 14.0. The van der Waals surface area contributed by atoms with E-state index in [2.05, 4.69) is 20.7 Å². The number of rotatable bonds is 4. The maximum atomic E-state index is 12.3. The van der Waals surface area contributed by atoms with Crippen molar-refractivity contribution in [3.8, 4) is 0 Å². The van der Waals surface area contributed by atoms with E-state index in [-0.39, 0.29) is 18.2 Å². The van der Waals surface area contributed by atoms with Crippen molar-refractivity contribution in [1.29, 1.82) is 0 Å². The first-order valence-electron chi connectivity index (χ1n) is 6.00. The molecule has 2 rings (SSSR count). The van der Waals surface area contributed by atoms with Crippen LogP contribution >= 0.6 is 15.9 Å². The van der Waals surface area contributed by atoms with Gasteiger partial charge in [0.2, 0.25) is 0 Å². The van der Waals surface area contributed by atoms with Crippen molar-refractivity contribution >= 4 is 32.9 Å². The van der Waals surface area contributed by atoms with Crippen LogP contribution in [0.15, 0.2) is 29.1 Å². The number of hydrogen-bond donors (Lipinski definition) is 0. The van der Waals surface area contributed by atoms with Crippen LogP contribution in [0, 0.1) is 0 Å². The average Bonchev–Trinajstić information content (AvgIpc) is 2.70. The Balaban J connectivity index is 2.52. The fraction of sp³-hybridized carbons (Fsp3) is 0.385. The fourth-order valence-corrected chi connectivity index (χ4v) is 2.59. The molecule has 0 amide bonds. The minimum absolute atomic E-state index is 0.114. The van der Waals surface area contributed by atoms with Crippen LogP contribution in [0.1, 0.15) is 6.92 Å². The lowest BCUT2D eigenvalue weighted by Gasteiger charge is -2.08. The molecule has 0 radical (unpaired) electrons. The highest BCUT2D eigenvalue weighted by Crippen LogP contribution is 2.15. The van der Waals surface area contributed by atoms with Gasteiger partial charge in [0.05, 0.1) is 24.7 Å². The summed E-state index contributed by atoms with van der Waals surface area (Å²) in [5, 5.41) is 0. The van der Waals surface area contributed by atoms with E-state index in [1.54, 1.807) is 9.13 Å². The van der Waals surface area contributed by atoms with Crippen molar-refractivity contribution in [3.63, 3.8) is 0 Å². The Morgan fingerprint density at radius 2 is 1.89 bits per heavy atom. The number of ether oxygens (including phenoxy) is 1. The summed E-state index contributed by atoms with van der Waals surface area (Å²) in [5.74, 6) is -0.389. The lowest BCUT2D eigenvalue weighted by Crippen LogP contribution is -2.30. The highest BCUT2D eigenvalue weighted by molar-refractivity contribution is 9.10. The van der Waals surface area contributed by atoms with E-state index in [0.717, 1.165) is 11.0 Å². The predicted octanol–water partition coefficient (Wildman–Crippen LogP) is 1.76. The molecule has 0 aliphatic heterocycles. The van der Waals surface area contributed by atoms with Gasteiger partial charge in [-0.1, -0.05) is 28.1 Å². The van der Waals surface area contributed by atoms with Gasteiger partial charge >= 0.3 is 11.7 Å². The average molecular weight is 327 g/mol. The molecule has 6 heteroatoms. The van der Waals surface area contributed by atoms with Gasteiger partial charge in [0.15, 0.2) is 0 Å². The van der Waals surface area contributed by atoms with Crippen molar-refractivity contribution in [2.45, 2.75) is 24.8 Å². The van der Waals surface area contributed by atoms with Gasteiger partial charge in [0.25, 0.3) is 0 Å². The second-order valence-corrected chi connectivity index (χ2v) is 5.22. The minimum Gasteiger partial charge on any atom is -0.468 e. The van der Waals surface area contributed by atoms with Crippen LogP contribution in [0.4, 0.5) is 0 Å². The molecule has 0 aliphatic rings. The van der Waals surface area contributed by atoms with Gasteiger partial charge in [0.1, 0.15) is 4.83 Å². The standard InChI is InChI=1S/C13H15BrN2O3/c1-3-15-10-6-4-5-7-11(10)16(13(15)18)8-9(14)12(17)19-2/h4-7,9H,3,8H2,1-2H3. The summed E-state index contributed by atoms with van der Waals surface area (Å²) in [5.41, 5.74) is 1.58. The monoisotopic (exact) mass is 326 g/mol. The van der Waals surface area contributed by atoms with Crippen LogP contribution < -0.4 is 5.69 Å². The Hall–Kier alpha value is -1.56. The number of halogens is 1. The molecule has 0 fully saturated rings. The molecule has 0 saturated carbocycles. The number of alkyl halides is 1. The molecular weight excluding hydrogens is 312 g/mol. The molecule has 1 aromatic carbocycles. The fourth-order valence-electron chi connectivity index (χ4n) is 2.12. The second-order valence-electron chi connectivity index (χ2n) is 4.12. The van der Waals surface area contributed by atoms with Crippen LogP contribution in [-0.4, -0.2) is 27.0 Å². The van der Waals surface area contributed by atoms with Crippen molar-refractivity contribution in [1.82, 2.24) is 9.13 Å². The number of carbonyl (C=O) groups excluding carboxylic acids is 1. The largest absolute Gasteiger partial charge is 0.468 e. The third-order valence-electron chi connectivity index (χ3n) is 3.04. The zero-order valence-corrected chi connectivity index (χ0v) is 12.4. The number of imidazole rings is 1. The first kappa shape index (κ1) is 13.9.